The van der Waals surface area contributed by atoms with Gasteiger partial charge in [-0.05, 0) is 86.6 Å². The average molecular weight is 513 g/mol. The van der Waals surface area contributed by atoms with Crippen LogP contribution in [-0.2, 0) is 6.42 Å². The van der Waals surface area contributed by atoms with E-state index in [1.54, 1.807) is 0 Å². The normalized spacial score (nSPS) is 12.2. The SMILES string of the molecule is CCc1nc2ccccc2n1-c1ccc(-c2ccc3c(c2)oc2cc4c5c(cccc5c23)-c2ccccc2-4)cc1. The molecule has 2 aromatic heterocycles. The third-order valence-electron chi connectivity index (χ3n) is 8.51. The summed E-state index contributed by atoms with van der Waals surface area (Å²) in [6.07, 6.45) is 0.878. The van der Waals surface area contributed by atoms with Gasteiger partial charge in [0.25, 0.3) is 0 Å². The van der Waals surface area contributed by atoms with Crippen LogP contribution in [-0.4, -0.2) is 9.55 Å². The van der Waals surface area contributed by atoms with Crippen molar-refractivity contribution in [2.45, 2.75) is 13.3 Å². The molecule has 0 aliphatic heterocycles. The summed E-state index contributed by atoms with van der Waals surface area (Å²) in [5.74, 6) is 1.07. The molecule has 188 valence electrons. The summed E-state index contributed by atoms with van der Waals surface area (Å²) in [6.45, 7) is 2.16. The topological polar surface area (TPSA) is 31.0 Å². The number of benzene rings is 6. The second-order valence-corrected chi connectivity index (χ2v) is 10.6. The zero-order valence-corrected chi connectivity index (χ0v) is 22.0. The summed E-state index contributed by atoms with van der Waals surface area (Å²) in [5, 5.41) is 4.95. The van der Waals surface area contributed by atoms with E-state index in [0.717, 1.165) is 56.6 Å². The van der Waals surface area contributed by atoms with Gasteiger partial charge in [0.2, 0.25) is 0 Å². The largest absolute Gasteiger partial charge is 0.456 e. The highest BCUT2D eigenvalue weighted by atomic mass is 16.3. The van der Waals surface area contributed by atoms with E-state index in [2.05, 4.69) is 121 Å². The lowest BCUT2D eigenvalue weighted by Crippen LogP contribution is -1.99. The number of rotatable bonds is 3. The Morgan fingerprint density at radius 3 is 2.20 bits per heavy atom. The van der Waals surface area contributed by atoms with Crippen LogP contribution in [0.4, 0.5) is 0 Å². The van der Waals surface area contributed by atoms with E-state index >= 15 is 0 Å². The van der Waals surface area contributed by atoms with Gasteiger partial charge in [-0.1, -0.05) is 79.7 Å². The van der Waals surface area contributed by atoms with Crippen LogP contribution in [0.3, 0.4) is 0 Å². The third-order valence-corrected chi connectivity index (χ3v) is 8.51. The summed E-state index contributed by atoms with van der Waals surface area (Å²) in [7, 11) is 0. The molecule has 0 saturated carbocycles. The lowest BCUT2D eigenvalue weighted by Gasteiger charge is -2.10. The second-order valence-electron chi connectivity index (χ2n) is 10.6. The van der Waals surface area contributed by atoms with Crippen molar-refractivity contribution < 1.29 is 4.42 Å². The number of fused-ring (bicyclic) bond motifs is 8. The average Bonchev–Trinajstić information content (AvgIpc) is 3.67. The van der Waals surface area contributed by atoms with E-state index < -0.39 is 0 Å². The van der Waals surface area contributed by atoms with Gasteiger partial charge in [0.05, 0.1) is 11.0 Å². The van der Waals surface area contributed by atoms with Gasteiger partial charge in [-0.3, -0.25) is 4.57 Å². The zero-order valence-electron chi connectivity index (χ0n) is 22.0. The number of nitrogens with zero attached hydrogens (tertiary/aromatic N) is 2. The molecule has 40 heavy (non-hydrogen) atoms. The van der Waals surface area contributed by atoms with Crippen LogP contribution < -0.4 is 0 Å². The molecular weight excluding hydrogens is 488 g/mol. The number of aromatic nitrogens is 2. The Labute approximate surface area is 230 Å². The fourth-order valence-corrected chi connectivity index (χ4v) is 6.72. The molecule has 3 nitrogen and oxygen atoms in total. The van der Waals surface area contributed by atoms with Crippen molar-refractivity contribution in [2.24, 2.45) is 0 Å². The predicted molar refractivity (Wildman–Crippen MR) is 165 cm³/mol. The van der Waals surface area contributed by atoms with Gasteiger partial charge in [0, 0.05) is 22.9 Å². The molecule has 1 aliphatic rings. The highest BCUT2D eigenvalue weighted by Crippen LogP contribution is 2.50. The van der Waals surface area contributed by atoms with Gasteiger partial charge in [-0.2, -0.15) is 0 Å². The van der Waals surface area contributed by atoms with Crippen molar-refractivity contribution in [2.75, 3.05) is 0 Å². The Morgan fingerprint density at radius 2 is 1.35 bits per heavy atom. The van der Waals surface area contributed by atoms with Crippen LogP contribution in [0.2, 0.25) is 0 Å². The molecule has 0 unspecified atom stereocenters. The molecule has 2 heterocycles. The lowest BCUT2D eigenvalue weighted by atomic mass is 9.97. The van der Waals surface area contributed by atoms with Gasteiger partial charge in [-0.15, -0.1) is 0 Å². The number of furan rings is 1. The Bertz CT molecular complexity index is 2300. The molecule has 0 bridgehead atoms. The first-order valence-corrected chi connectivity index (χ1v) is 13.9. The monoisotopic (exact) mass is 512 g/mol. The van der Waals surface area contributed by atoms with E-state index in [1.165, 1.54) is 38.4 Å². The van der Waals surface area contributed by atoms with Crippen LogP contribution >= 0.6 is 0 Å². The van der Waals surface area contributed by atoms with Gasteiger partial charge >= 0.3 is 0 Å². The summed E-state index contributed by atoms with van der Waals surface area (Å²) >= 11 is 0. The number of para-hydroxylation sites is 2. The first-order valence-electron chi connectivity index (χ1n) is 13.9. The number of imidazole rings is 1. The molecule has 0 amide bonds. The Balaban J connectivity index is 1.18. The van der Waals surface area contributed by atoms with Crippen LogP contribution in [0.1, 0.15) is 12.7 Å². The van der Waals surface area contributed by atoms with E-state index in [4.69, 9.17) is 9.40 Å². The highest BCUT2D eigenvalue weighted by molar-refractivity contribution is 6.28. The van der Waals surface area contributed by atoms with E-state index in [-0.39, 0.29) is 0 Å². The standard InChI is InChI=1S/C37H24N2O/c1-2-35-38-31-12-5-6-13-32(31)39(35)24-17-14-22(15-18-24)23-16-19-28-33(20-23)40-34-21-30-26-9-4-3-8-25(26)27-10-7-11-29(36(27)30)37(28)34/h3-21H,2H2,1H3. The van der Waals surface area contributed by atoms with Gasteiger partial charge in [0.15, 0.2) is 0 Å². The Morgan fingerprint density at radius 1 is 0.600 bits per heavy atom. The number of aryl methyl sites for hydroxylation is 1. The summed E-state index contributed by atoms with van der Waals surface area (Å²) < 4.78 is 8.82. The van der Waals surface area contributed by atoms with Gasteiger partial charge in [-0.25, -0.2) is 4.98 Å². The quantitative estimate of drug-likeness (QED) is 0.236. The van der Waals surface area contributed by atoms with Crippen LogP contribution in [0.25, 0.3) is 82.8 Å². The summed E-state index contributed by atoms with van der Waals surface area (Å²) in [4.78, 5) is 4.84. The lowest BCUT2D eigenvalue weighted by molar-refractivity contribution is 0.669. The molecule has 0 saturated heterocycles. The molecule has 0 fully saturated rings. The van der Waals surface area contributed by atoms with Crippen molar-refractivity contribution in [1.82, 2.24) is 9.55 Å². The van der Waals surface area contributed by atoms with E-state index in [1.807, 2.05) is 6.07 Å². The number of hydrogen-bond acceptors (Lipinski definition) is 2. The second kappa shape index (κ2) is 7.93. The molecule has 0 radical (unpaired) electrons. The van der Waals surface area contributed by atoms with Crippen LogP contribution in [0, 0.1) is 0 Å². The fourth-order valence-electron chi connectivity index (χ4n) is 6.72. The molecular formula is C37H24N2O. The van der Waals surface area contributed by atoms with Crippen molar-refractivity contribution in [3.05, 3.63) is 121 Å². The molecule has 6 aromatic carbocycles. The third kappa shape index (κ3) is 2.86. The predicted octanol–water partition coefficient (Wildman–Crippen LogP) is 9.95. The molecule has 0 spiro atoms. The highest BCUT2D eigenvalue weighted by Gasteiger charge is 2.24. The minimum absolute atomic E-state index is 0.878. The Hall–Kier alpha value is -5.15. The molecule has 9 rings (SSSR count). The zero-order chi connectivity index (χ0) is 26.4. The number of hydrogen-bond donors (Lipinski definition) is 0. The molecule has 0 N–H and O–H groups in total. The molecule has 0 atom stereocenters. The van der Waals surface area contributed by atoms with Crippen molar-refractivity contribution in [3.63, 3.8) is 0 Å². The first kappa shape index (κ1) is 21.7. The van der Waals surface area contributed by atoms with Gasteiger partial charge in [0.1, 0.15) is 17.0 Å². The van der Waals surface area contributed by atoms with E-state index in [9.17, 15) is 0 Å². The minimum Gasteiger partial charge on any atom is -0.456 e. The molecule has 8 aromatic rings. The fraction of sp³-hybridized carbons (Fsp3) is 0.0541. The van der Waals surface area contributed by atoms with Crippen molar-refractivity contribution in [3.8, 4) is 39.1 Å². The van der Waals surface area contributed by atoms with Crippen molar-refractivity contribution >= 4 is 43.7 Å². The molecule has 3 heteroatoms. The maximum Gasteiger partial charge on any atom is 0.136 e. The first-order chi connectivity index (χ1) is 19.8. The summed E-state index contributed by atoms with van der Waals surface area (Å²) in [5.41, 5.74) is 12.6. The smallest absolute Gasteiger partial charge is 0.136 e. The minimum atomic E-state index is 0.878. The Kier molecular flexibility index (Phi) is 4.31. The van der Waals surface area contributed by atoms with E-state index in [0.29, 0.717) is 0 Å². The van der Waals surface area contributed by atoms with Crippen LogP contribution in [0.15, 0.2) is 120 Å². The van der Waals surface area contributed by atoms with Crippen LogP contribution in [0.5, 0.6) is 0 Å². The maximum atomic E-state index is 6.55. The summed E-state index contributed by atoms with van der Waals surface area (Å²) in [6, 6.07) is 41.3. The van der Waals surface area contributed by atoms with Gasteiger partial charge < -0.3 is 4.42 Å². The van der Waals surface area contributed by atoms with Crippen molar-refractivity contribution in [1.29, 1.82) is 0 Å². The molecule has 1 aliphatic carbocycles. The maximum absolute atomic E-state index is 6.55.